The molecule has 2 N–H and O–H groups in total. The SMILES string of the molecule is CCCCC/C(C)=C\C=C(/C)C(=O)c1c(O)cc(C(C)CC/C=C/NC(=O)OC)oc1=O. The van der Waals surface area contributed by atoms with Crippen LogP contribution in [0.4, 0.5) is 4.79 Å². The van der Waals surface area contributed by atoms with E-state index in [1.807, 2.05) is 19.9 Å². The van der Waals surface area contributed by atoms with Crippen molar-refractivity contribution in [1.82, 2.24) is 5.32 Å². The molecule has 7 nitrogen and oxygen atoms in total. The fraction of sp³-hybridized carbons (Fsp3) is 0.480. The van der Waals surface area contributed by atoms with Gasteiger partial charge in [0.1, 0.15) is 17.1 Å². The van der Waals surface area contributed by atoms with E-state index in [2.05, 4.69) is 17.0 Å². The summed E-state index contributed by atoms with van der Waals surface area (Å²) >= 11 is 0. The van der Waals surface area contributed by atoms with E-state index >= 15 is 0 Å². The lowest BCUT2D eigenvalue weighted by atomic mass is 9.99. The molecule has 0 saturated carbocycles. The molecule has 1 heterocycles. The molecule has 1 aromatic heterocycles. The van der Waals surface area contributed by atoms with Crippen LogP contribution < -0.4 is 10.9 Å². The predicted molar refractivity (Wildman–Crippen MR) is 125 cm³/mol. The van der Waals surface area contributed by atoms with Crippen molar-refractivity contribution in [3.05, 3.63) is 63.4 Å². The van der Waals surface area contributed by atoms with Crippen LogP contribution in [0.25, 0.3) is 0 Å². The van der Waals surface area contributed by atoms with Gasteiger partial charge in [0, 0.05) is 18.2 Å². The Morgan fingerprint density at radius 2 is 1.97 bits per heavy atom. The van der Waals surface area contributed by atoms with E-state index in [-0.39, 0.29) is 17.2 Å². The molecule has 0 aromatic carbocycles. The zero-order valence-electron chi connectivity index (χ0n) is 19.7. The Labute approximate surface area is 189 Å². The number of rotatable bonds is 12. The Bertz CT molecular complexity index is 923. The molecule has 176 valence electrons. The van der Waals surface area contributed by atoms with Crippen molar-refractivity contribution < 1.29 is 23.8 Å². The summed E-state index contributed by atoms with van der Waals surface area (Å²) in [7, 11) is 1.28. The lowest BCUT2D eigenvalue weighted by Crippen LogP contribution is -2.16. The summed E-state index contributed by atoms with van der Waals surface area (Å²) in [6, 6.07) is 1.33. The van der Waals surface area contributed by atoms with Crippen LogP contribution in [0.2, 0.25) is 0 Å². The number of unbranched alkanes of at least 4 members (excludes halogenated alkanes) is 2. The molecule has 1 amide bonds. The first-order valence-electron chi connectivity index (χ1n) is 11.0. The second kappa shape index (κ2) is 14.1. The van der Waals surface area contributed by atoms with Crippen LogP contribution >= 0.6 is 0 Å². The van der Waals surface area contributed by atoms with Crippen molar-refractivity contribution in [2.24, 2.45) is 0 Å². The maximum atomic E-state index is 12.7. The van der Waals surface area contributed by atoms with Crippen molar-refractivity contribution in [2.45, 2.75) is 72.1 Å². The minimum Gasteiger partial charge on any atom is -0.507 e. The molecule has 0 aliphatic rings. The van der Waals surface area contributed by atoms with E-state index in [0.29, 0.717) is 24.2 Å². The number of hydrogen-bond acceptors (Lipinski definition) is 6. The minimum atomic E-state index is -0.851. The van der Waals surface area contributed by atoms with Gasteiger partial charge in [-0.1, -0.05) is 50.5 Å². The molecule has 32 heavy (non-hydrogen) atoms. The lowest BCUT2D eigenvalue weighted by molar-refractivity contribution is 0.102. The van der Waals surface area contributed by atoms with E-state index in [9.17, 15) is 19.5 Å². The number of amides is 1. The highest BCUT2D eigenvalue weighted by atomic mass is 16.5. The number of methoxy groups -OCH3 is 1. The summed E-state index contributed by atoms with van der Waals surface area (Å²) in [5.74, 6) is -0.810. The van der Waals surface area contributed by atoms with Crippen molar-refractivity contribution in [3.8, 4) is 5.75 Å². The molecule has 7 heteroatoms. The largest absolute Gasteiger partial charge is 0.507 e. The number of carbonyl (C=O) groups excluding carboxylic acids is 2. The number of ketones is 1. The summed E-state index contributed by atoms with van der Waals surface area (Å²) in [5.41, 5.74) is 0.304. The van der Waals surface area contributed by atoms with Crippen LogP contribution in [0.3, 0.4) is 0 Å². The highest BCUT2D eigenvalue weighted by Gasteiger charge is 2.21. The Morgan fingerprint density at radius 3 is 2.59 bits per heavy atom. The van der Waals surface area contributed by atoms with Crippen molar-refractivity contribution in [1.29, 1.82) is 0 Å². The first-order valence-corrected chi connectivity index (χ1v) is 11.0. The maximum absolute atomic E-state index is 12.7. The zero-order chi connectivity index (χ0) is 24.1. The monoisotopic (exact) mass is 445 g/mol. The lowest BCUT2D eigenvalue weighted by Gasteiger charge is -2.11. The number of alkyl carbamates (subject to hydrolysis) is 1. The van der Waals surface area contributed by atoms with Gasteiger partial charge >= 0.3 is 11.7 Å². The van der Waals surface area contributed by atoms with Gasteiger partial charge in [-0.25, -0.2) is 9.59 Å². The highest BCUT2D eigenvalue weighted by Crippen LogP contribution is 2.26. The molecule has 0 radical (unpaired) electrons. The smallest absolute Gasteiger partial charge is 0.410 e. The topological polar surface area (TPSA) is 106 Å². The third kappa shape index (κ3) is 8.96. The predicted octanol–water partition coefficient (Wildman–Crippen LogP) is 5.75. The summed E-state index contributed by atoms with van der Waals surface area (Å²) in [6.07, 6.45) is 11.8. The van der Waals surface area contributed by atoms with Gasteiger partial charge in [-0.3, -0.25) is 10.1 Å². The zero-order valence-corrected chi connectivity index (χ0v) is 19.7. The first-order chi connectivity index (χ1) is 15.2. The van der Waals surface area contributed by atoms with Crippen molar-refractivity contribution in [2.75, 3.05) is 7.11 Å². The van der Waals surface area contributed by atoms with Crippen LogP contribution in [0, 0.1) is 0 Å². The Balaban J connectivity index is 2.85. The molecule has 1 unspecified atom stereocenters. The van der Waals surface area contributed by atoms with Crippen molar-refractivity contribution in [3.63, 3.8) is 0 Å². The van der Waals surface area contributed by atoms with Crippen molar-refractivity contribution >= 4 is 11.9 Å². The third-order valence-corrected chi connectivity index (χ3v) is 5.08. The number of allylic oxidation sites excluding steroid dienone is 5. The number of carbonyl (C=O) groups is 2. The summed E-state index contributed by atoms with van der Waals surface area (Å²) in [6.45, 7) is 7.61. The average molecular weight is 446 g/mol. The van der Waals surface area contributed by atoms with Gasteiger partial charge < -0.3 is 14.3 Å². The Morgan fingerprint density at radius 1 is 1.25 bits per heavy atom. The van der Waals surface area contributed by atoms with Crippen LogP contribution in [0.15, 0.2) is 50.9 Å². The summed E-state index contributed by atoms with van der Waals surface area (Å²) in [5, 5.41) is 12.8. The van der Waals surface area contributed by atoms with E-state index < -0.39 is 17.5 Å². The van der Waals surface area contributed by atoms with E-state index in [4.69, 9.17) is 4.42 Å². The number of ether oxygens (including phenoxy) is 1. The van der Waals surface area contributed by atoms with Gasteiger partial charge in [0.2, 0.25) is 0 Å². The number of aromatic hydroxyl groups is 1. The molecular weight excluding hydrogens is 410 g/mol. The second-order valence-electron chi connectivity index (χ2n) is 7.86. The van der Waals surface area contributed by atoms with Gasteiger partial charge in [0.25, 0.3) is 0 Å². The van der Waals surface area contributed by atoms with Gasteiger partial charge in [-0.2, -0.15) is 0 Å². The van der Waals surface area contributed by atoms with E-state index in [0.717, 1.165) is 31.3 Å². The molecule has 0 saturated heterocycles. The first kappa shape index (κ1) is 26.9. The molecule has 1 atom stereocenters. The molecule has 0 aliphatic heterocycles. The van der Waals surface area contributed by atoms with Crippen LogP contribution in [0.1, 0.15) is 88.3 Å². The quantitative estimate of drug-likeness (QED) is 0.183. The molecule has 1 aromatic rings. The molecule has 0 spiro atoms. The average Bonchev–Trinajstić information content (AvgIpc) is 2.76. The standard InChI is InChI=1S/C25H35NO6/c1-6-7-8-11-17(2)13-14-19(4)23(28)22-20(27)16-21(32-24(22)29)18(3)12-9-10-15-26-25(30)31-5/h10,13-16,18,27H,6-9,11-12H2,1-5H3,(H,26,30)/b15-10+,17-13-,19-14+. The molecular formula is C25H35NO6. The fourth-order valence-corrected chi connectivity index (χ4v) is 2.99. The normalized spacial score (nSPS) is 13.3. The van der Waals surface area contributed by atoms with E-state index in [1.54, 1.807) is 19.1 Å². The Kier molecular flexibility index (Phi) is 11.8. The van der Waals surface area contributed by atoms with Crippen LogP contribution in [-0.2, 0) is 4.74 Å². The summed E-state index contributed by atoms with van der Waals surface area (Å²) < 4.78 is 9.79. The molecule has 0 aliphatic carbocycles. The molecule has 0 fully saturated rings. The van der Waals surface area contributed by atoms with Gasteiger partial charge in [0.05, 0.1) is 7.11 Å². The van der Waals surface area contributed by atoms with Gasteiger partial charge in [-0.15, -0.1) is 0 Å². The Hall–Kier alpha value is -3.09. The van der Waals surface area contributed by atoms with Gasteiger partial charge in [0.15, 0.2) is 5.78 Å². The van der Waals surface area contributed by atoms with Crippen LogP contribution in [-0.4, -0.2) is 24.1 Å². The second-order valence-corrected chi connectivity index (χ2v) is 7.86. The number of Topliss-reactive ketones (excluding diaryl/α,β-unsaturated/α-hetero) is 1. The number of nitrogens with one attached hydrogen (secondary N) is 1. The van der Waals surface area contributed by atoms with E-state index in [1.165, 1.54) is 19.4 Å². The highest BCUT2D eigenvalue weighted by molar-refractivity contribution is 6.09. The third-order valence-electron chi connectivity index (χ3n) is 5.08. The molecule has 1 rings (SSSR count). The summed E-state index contributed by atoms with van der Waals surface area (Å²) in [4.78, 5) is 36.1. The fourth-order valence-electron chi connectivity index (χ4n) is 2.99. The number of hydrogen-bond donors (Lipinski definition) is 2. The minimum absolute atomic E-state index is 0.175. The van der Waals surface area contributed by atoms with Crippen LogP contribution in [0.5, 0.6) is 5.75 Å². The maximum Gasteiger partial charge on any atom is 0.410 e. The van der Waals surface area contributed by atoms with Gasteiger partial charge in [-0.05, 0) is 45.1 Å². The molecule has 0 bridgehead atoms.